The van der Waals surface area contributed by atoms with Gasteiger partial charge in [0.25, 0.3) is 0 Å². The SMILES string of the molecule is CSC1(CNCc2ccc(NC(C)=O)cc2)CCCC1. The maximum absolute atomic E-state index is 11.0. The largest absolute Gasteiger partial charge is 0.326 e. The van der Waals surface area contributed by atoms with Crippen LogP contribution in [-0.2, 0) is 11.3 Å². The molecule has 20 heavy (non-hydrogen) atoms. The van der Waals surface area contributed by atoms with E-state index in [0.29, 0.717) is 4.75 Å². The molecule has 110 valence electrons. The monoisotopic (exact) mass is 292 g/mol. The van der Waals surface area contributed by atoms with Crippen LogP contribution in [0.2, 0.25) is 0 Å². The van der Waals surface area contributed by atoms with Crippen molar-refractivity contribution in [2.24, 2.45) is 0 Å². The van der Waals surface area contributed by atoms with Gasteiger partial charge in [-0.3, -0.25) is 4.79 Å². The zero-order chi connectivity index (χ0) is 14.4. The zero-order valence-electron chi connectivity index (χ0n) is 12.4. The van der Waals surface area contributed by atoms with Crippen LogP contribution in [-0.4, -0.2) is 23.5 Å². The standard InChI is InChI=1S/C16H24N2OS/c1-13(19)18-15-7-5-14(6-8-15)11-17-12-16(20-2)9-3-4-10-16/h5-8,17H,3-4,9-12H2,1-2H3,(H,18,19). The molecule has 0 aliphatic heterocycles. The van der Waals surface area contributed by atoms with E-state index in [0.717, 1.165) is 18.8 Å². The molecule has 0 spiro atoms. The molecule has 0 saturated heterocycles. The minimum absolute atomic E-state index is 0.0287. The number of hydrogen-bond acceptors (Lipinski definition) is 3. The molecule has 2 N–H and O–H groups in total. The molecule has 1 fully saturated rings. The van der Waals surface area contributed by atoms with E-state index < -0.39 is 0 Å². The lowest BCUT2D eigenvalue weighted by Gasteiger charge is -2.27. The van der Waals surface area contributed by atoms with Crippen LogP contribution in [0.15, 0.2) is 24.3 Å². The summed E-state index contributed by atoms with van der Waals surface area (Å²) in [7, 11) is 0. The number of benzene rings is 1. The van der Waals surface area contributed by atoms with Crippen LogP contribution in [0, 0.1) is 0 Å². The summed E-state index contributed by atoms with van der Waals surface area (Å²) in [6.07, 6.45) is 7.64. The second kappa shape index (κ2) is 7.14. The van der Waals surface area contributed by atoms with Gasteiger partial charge in [-0.05, 0) is 36.8 Å². The van der Waals surface area contributed by atoms with Gasteiger partial charge in [0.15, 0.2) is 0 Å². The normalized spacial score (nSPS) is 17.1. The molecule has 1 aromatic rings. The van der Waals surface area contributed by atoms with Crippen LogP contribution in [0.3, 0.4) is 0 Å². The maximum Gasteiger partial charge on any atom is 0.221 e. The van der Waals surface area contributed by atoms with Crippen LogP contribution in [0.1, 0.15) is 38.2 Å². The Balaban J connectivity index is 1.80. The molecular formula is C16H24N2OS. The lowest BCUT2D eigenvalue weighted by molar-refractivity contribution is -0.114. The van der Waals surface area contributed by atoms with Crippen molar-refractivity contribution in [2.45, 2.75) is 43.9 Å². The van der Waals surface area contributed by atoms with Crippen LogP contribution in [0.4, 0.5) is 5.69 Å². The van der Waals surface area contributed by atoms with E-state index in [4.69, 9.17) is 0 Å². The number of amides is 1. The Morgan fingerprint density at radius 1 is 1.25 bits per heavy atom. The Hall–Kier alpha value is -1.00. The summed E-state index contributed by atoms with van der Waals surface area (Å²) in [4.78, 5) is 11.0. The Morgan fingerprint density at radius 2 is 1.90 bits per heavy atom. The Labute approximate surface area is 125 Å². The molecule has 0 heterocycles. The number of rotatable bonds is 6. The highest BCUT2D eigenvalue weighted by atomic mass is 32.2. The molecule has 1 aromatic carbocycles. The predicted molar refractivity (Wildman–Crippen MR) is 87.2 cm³/mol. The molecule has 0 bridgehead atoms. The number of thioether (sulfide) groups is 1. The average molecular weight is 292 g/mol. The lowest BCUT2D eigenvalue weighted by atomic mass is 10.1. The van der Waals surface area contributed by atoms with E-state index in [-0.39, 0.29) is 5.91 Å². The Morgan fingerprint density at radius 3 is 2.45 bits per heavy atom. The average Bonchev–Trinajstić information content (AvgIpc) is 2.90. The molecule has 1 aliphatic rings. The Kier molecular flexibility index (Phi) is 5.49. The van der Waals surface area contributed by atoms with Crippen LogP contribution in [0.5, 0.6) is 0 Å². The van der Waals surface area contributed by atoms with Crippen LogP contribution < -0.4 is 10.6 Å². The summed E-state index contributed by atoms with van der Waals surface area (Å²) in [5.74, 6) is -0.0287. The Bertz CT molecular complexity index is 438. The van der Waals surface area contributed by atoms with Gasteiger partial charge in [0.05, 0.1) is 0 Å². The van der Waals surface area contributed by atoms with Gasteiger partial charge in [-0.2, -0.15) is 11.8 Å². The molecular weight excluding hydrogens is 268 g/mol. The fourth-order valence-corrected chi connectivity index (χ4v) is 3.76. The van der Waals surface area contributed by atoms with Crippen molar-refractivity contribution in [1.29, 1.82) is 0 Å². The van der Waals surface area contributed by atoms with Crippen molar-refractivity contribution in [3.8, 4) is 0 Å². The molecule has 2 rings (SSSR count). The summed E-state index contributed by atoms with van der Waals surface area (Å²) >= 11 is 2.01. The maximum atomic E-state index is 11.0. The van der Waals surface area contributed by atoms with Gasteiger partial charge in [0.2, 0.25) is 5.91 Å². The van der Waals surface area contributed by atoms with Crippen molar-refractivity contribution < 1.29 is 4.79 Å². The molecule has 4 heteroatoms. The van der Waals surface area contributed by atoms with Crippen molar-refractivity contribution >= 4 is 23.4 Å². The van der Waals surface area contributed by atoms with E-state index in [9.17, 15) is 4.79 Å². The van der Waals surface area contributed by atoms with Crippen molar-refractivity contribution in [2.75, 3.05) is 18.1 Å². The van der Waals surface area contributed by atoms with E-state index in [1.165, 1.54) is 38.2 Å². The van der Waals surface area contributed by atoms with E-state index in [1.807, 2.05) is 23.9 Å². The second-order valence-electron chi connectivity index (χ2n) is 5.58. The molecule has 1 saturated carbocycles. The molecule has 0 unspecified atom stereocenters. The van der Waals surface area contributed by atoms with Gasteiger partial charge in [-0.1, -0.05) is 25.0 Å². The molecule has 0 aromatic heterocycles. The number of anilines is 1. The van der Waals surface area contributed by atoms with E-state index in [1.54, 1.807) is 0 Å². The second-order valence-corrected chi connectivity index (χ2v) is 6.85. The number of carbonyl (C=O) groups excluding carboxylic acids is 1. The topological polar surface area (TPSA) is 41.1 Å². The van der Waals surface area contributed by atoms with Crippen LogP contribution >= 0.6 is 11.8 Å². The lowest BCUT2D eigenvalue weighted by Crippen LogP contribution is -2.34. The van der Waals surface area contributed by atoms with Gasteiger partial charge in [0, 0.05) is 30.4 Å². The smallest absolute Gasteiger partial charge is 0.221 e. The highest BCUT2D eigenvalue weighted by molar-refractivity contribution is 8.00. The first kappa shape index (κ1) is 15.4. The van der Waals surface area contributed by atoms with Gasteiger partial charge in [-0.25, -0.2) is 0 Å². The van der Waals surface area contributed by atoms with Gasteiger partial charge >= 0.3 is 0 Å². The number of nitrogens with one attached hydrogen (secondary N) is 2. The van der Waals surface area contributed by atoms with E-state index >= 15 is 0 Å². The summed E-state index contributed by atoms with van der Waals surface area (Å²) in [6.45, 7) is 3.50. The molecule has 1 amide bonds. The first-order valence-corrected chi connectivity index (χ1v) is 8.48. The number of hydrogen-bond donors (Lipinski definition) is 2. The molecule has 1 aliphatic carbocycles. The summed E-state index contributed by atoms with van der Waals surface area (Å²) in [5.41, 5.74) is 2.12. The molecule has 0 atom stereocenters. The fourth-order valence-electron chi connectivity index (χ4n) is 2.82. The molecule has 0 radical (unpaired) electrons. The first-order chi connectivity index (χ1) is 9.63. The highest BCUT2D eigenvalue weighted by Crippen LogP contribution is 2.39. The third kappa shape index (κ3) is 4.25. The third-order valence-electron chi connectivity index (χ3n) is 4.00. The minimum atomic E-state index is -0.0287. The molecule has 3 nitrogen and oxygen atoms in total. The number of carbonyl (C=O) groups is 1. The minimum Gasteiger partial charge on any atom is -0.326 e. The predicted octanol–water partition coefficient (Wildman–Crippen LogP) is 3.41. The summed E-state index contributed by atoms with van der Waals surface area (Å²) < 4.78 is 0.454. The fraction of sp³-hybridized carbons (Fsp3) is 0.562. The van der Waals surface area contributed by atoms with Crippen molar-refractivity contribution in [3.63, 3.8) is 0 Å². The first-order valence-electron chi connectivity index (χ1n) is 7.26. The van der Waals surface area contributed by atoms with Gasteiger partial charge < -0.3 is 10.6 Å². The van der Waals surface area contributed by atoms with Crippen molar-refractivity contribution in [3.05, 3.63) is 29.8 Å². The van der Waals surface area contributed by atoms with Gasteiger partial charge in [-0.15, -0.1) is 0 Å². The summed E-state index contributed by atoms with van der Waals surface area (Å²) in [5, 5.41) is 6.37. The van der Waals surface area contributed by atoms with E-state index in [2.05, 4.69) is 29.0 Å². The third-order valence-corrected chi connectivity index (χ3v) is 5.42. The quantitative estimate of drug-likeness (QED) is 0.844. The van der Waals surface area contributed by atoms with Crippen LogP contribution in [0.25, 0.3) is 0 Å². The highest BCUT2D eigenvalue weighted by Gasteiger charge is 2.32. The summed E-state index contributed by atoms with van der Waals surface area (Å²) in [6, 6.07) is 8.05. The zero-order valence-corrected chi connectivity index (χ0v) is 13.2. The van der Waals surface area contributed by atoms with Crippen molar-refractivity contribution in [1.82, 2.24) is 5.32 Å². The van der Waals surface area contributed by atoms with Gasteiger partial charge in [0.1, 0.15) is 0 Å².